The van der Waals surface area contributed by atoms with Crippen molar-refractivity contribution in [1.29, 1.82) is 0 Å². The van der Waals surface area contributed by atoms with E-state index in [0.717, 1.165) is 11.5 Å². The summed E-state index contributed by atoms with van der Waals surface area (Å²) in [6.45, 7) is 4.28. The average Bonchev–Trinajstić information content (AvgIpc) is 3.29. The van der Waals surface area contributed by atoms with E-state index in [1.165, 1.54) is 25.3 Å². The topological polar surface area (TPSA) is 70.4 Å². The van der Waals surface area contributed by atoms with E-state index >= 15 is 0 Å². The third kappa shape index (κ3) is 3.85. The van der Waals surface area contributed by atoms with E-state index in [4.69, 9.17) is 9.47 Å². The Morgan fingerprint density at radius 3 is 2.47 bits per heavy atom. The third-order valence-corrected chi connectivity index (χ3v) is 5.74. The standard InChI is InChI=1S/C24H24N2O4/c1-15-12-20(15)18-10-8-17(9-11-18)16(2)26-14-25-13-21(26)24(28)30-22-7-5-4-6-19(22)23(27)29-3/h4-11,13-16,20H,12H2,1-3H3/t15?,16-,20+/m1/s1. The summed E-state index contributed by atoms with van der Waals surface area (Å²) in [5.74, 6) is 0.432. The number of hydrogen-bond acceptors (Lipinski definition) is 5. The van der Waals surface area contributed by atoms with Crippen molar-refractivity contribution in [2.75, 3.05) is 7.11 Å². The largest absolute Gasteiger partial charge is 0.465 e. The van der Waals surface area contributed by atoms with Crippen LogP contribution >= 0.6 is 0 Å². The van der Waals surface area contributed by atoms with Gasteiger partial charge in [0.25, 0.3) is 0 Å². The molecule has 6 heteroatoms. The third-order valence-electron chi connectivity index (χ3n) is 5.74. The second kappa shape index (κ2) is 8.14. The number of hydrogen-bond donors (Lipinski definition) is 0. The average molecular weight is 404 g/mol. The van der Waals surface area contributed by atoms with Crippen LogP contribution in [0.4, 0.5) is 0 Å². The second-order valence-electron chi connectivity index (χ2n) is 7.73. The Hall–Kier alpha value is -3.41. The first-order chi connectivity index (χ1) is 14.5. The Kier molecular flexibility index (Phi) is 5.40. The van der Waals surface area contributed by atoms with Crippen molar-refractivity contribution in [1.82, 2.24) is 9.55 Å². The first-order valence-corrected chi connectivity index (χ1v) is 10.0. The summed E-state index contributed by atoms with van der Waals surface area (Å²) in [6.07, 6.45) is 4.34. The van der Waals surface area contributed by atoms with Crippen molar-refractivity contribution in [3.8, 4) is 5.75 Å². The summed E-state index contributed by atoms with van der Waals surface area (Å²) in [6, 6.07) is 14.9. The Balaban J connectivity index is 1.54. The van der Waals surface area contributed by atoms with E-state index in [0.29, 0.717) is 11.6 Å². The predicted octanol–water partition coefficient (Wildman–Crippen LogP) is 4.62. The van der Waals surface area contributed by atoms with Crippen LogP contribution in [-0.2, 0) is 4.74 Å². The fourth-order valence-electron chi connectivity index (χ4n) is 3.73. The molecule has 0 N–H and O–H groups in total. The number of aromatic nitrogens is 2. The van der Waals surface area contributed by atoms with Crippen LogP contribution < -0.4 is 4.74 Å². The molecular formula is C24H24N2O4. The van der Waals surface area contributed by atoms with Crippen molar-refractivity contribution in [2.45, 2.75) is 32.2 Å². The molecule has 3 aromatic rings. The zero-order valence-corrected chi connectivity index (χ0v) is 17.2. The van der Waals surface area contributed by atoms with Crippen molar-refractivity contribution in [2.24, 2.45) is 5.92 Å². The molecule has 0 saturated heterocycles. The molecule has 1 heterocycles. The maximum Gasteiger partial charge on any atom is 0.362 e. The Labute approximate surface area is 175 Å². The van der Waals surface area contributed by atoms with Crippen molar-refractivity contribution in [3.05, 3.63) is 83.4 Å². The minimum Gasteiger partial charge on any atom is -0.465 e. The van der Waals surface area contributed by atoms with Crippen molar-refractivity contribution >= 4 is 11.9 Å². The van der Waals surface area contributed by atoms with Gasteiger partial charge in [-0.1, -0.05) is 43.3 Å². The minimum absolute atomic E-state index is 0.100. The fourth-order valence-corrected chi connectivity index (χ4v) is 3.73. The van der Waals surface area contributed by atoms with E-state index in [2.05, 4.69) is 36.2 Å². The van der Waals surface area contributed by atoms with Gasteiger partial charge in [0.1, 0.15) is 17.0 Å². The van der Waals surface area contributed by atoms with Gasteiger partial charge in [0, 0.05) is 0 Å². The minimum atomic E-state index is -0.584. The molecule has 1 aliphatic carbocycles. The van der Waals surface area contributed by atoms with E-state index in [-0.39, 0.29) is 17.4 Å². The van der Waals surface area contributed by atoms with Gasteiger partial charge in [-0.3, -0.25) is 0 Å². The number of imidazole rings is 1. The molecule has 0 spiro atoms. The number of rotatable bonds is 6. The lowest BCUT2D eigenvalue weighted by Gasteiger charge is -2.17. The summed E-state index contributed by atoms with van der Waals surface area (Å²) in [5.41, 5.74) is 2.94. The summed E-state index contributed by atoms with van der Waals surface area (Å²) in [5, 5.41) is 0. The lowest BCUT2D eigenvalue weighted by molar-refractivity contribution is 0.0592. The smallest absolute Gasteiger partial charge is 0.362 e. The molecule has 6 nitrogen and oxygen atoms in total. The molecule has 1 aliphatic rings. The summed E-state index contributed by atoms with van der Waals surface area (Å²) >= 11 is 0. The van der Waals surface area contributed by atoms with E-state index in [9.17, 15) is 9.59 Å². The molecule has 0 amide bonds. The first-order valence-electron chi connectivity index (χ1n) is 10.0. The number of para-hydroxylation sites is 1. The first kappa shape index (κ1) is 19.9. The highest BCUT2D eigenvalue weighted by Crippen LogP contribution is 2.46. The van der Waals surface area contributed by atoms with Gasteiger partial charge in [0.05, 0.1) is 25.7 Å². The summed E-state index contributed by atoms with van der Waals surface area (Å²) < 4.78 is 12.0. The van der Waals surface area contributed by atoms with Crippen LogP contribution in [0.2, 0.25) is 0 Å². The molecule has 1 aromatic heterocycles. The molecule has 1 fully saturated rings. The molecule has 3 atom stereocenters. The molecule has 1 unspecified atom stereocenters. The predicted molar refractivity (Wildman–Crippen MR) is 112 cm³/mol. The van der Waals surface area contributed by atoms with E-state index < -0.39 is 11.9 Å². The van der Waals surface area contributed by atoms with Crippen LogP contribution in [0.15, 0.2) is 61.1 Å². The highest BCUT2D eigenvalue weighted by atomic mass is 16.5. The molecule has 30 heavy (non-hydrogen) atoms. The number of carbonyl (C=O) groups is 2. The van der Waals surface area contributed by atoms with Crippen LogP contribution in [0, 0.1) is 5.92 Å². The maximum absolute atomic E-state index is 12.8. The second-order valence-corrected chi connectivity index (χ2v) is 7.73. The molecule has 0 aliphatic heterocycles. The highest BCUT2D eigenvalue weighted by molar-refractivity contribution is 5.95. The molecule has 0 radical (unpaired) electrons. The van der Waals surface area contributed by atoms with Gasteiger partial charge in [-0.25, -0.2) is 14.6 Å². The molecular weight excluding hydrogens is 380 g/mol. The SMILES string of the molecule is COC(=O)c1ccccc1OC(=O)c1cncn1[C@H](C)c1ccc([C@H]2CC2C)cc1. The number of methoxy groups -OCH3 is 1. The zero-order chi connectivity index (χ0) is 21.3. The van der Waals surface area contributed by atoms with Crippen LogP contribution in [0.1, 0.15) is 64.2 Å². The molecule has 1 saturated carbocycles. The quantitative estimate of drug-likeness (QED) is 0.443. The monoisotopic (exact) mass is 404 g/mol. The van der Waals surface area contributed by atoms with Crippen LogP contribution in [0.3, 0.4) is 0 Å². The van der Waals surface area contributed by atoms with Gasteiger partial charge < -0.3 is 14.0 Å². The zero-order valence-electron chi connectivity index (χ0n) is 17.2. The number of esters is 2. The number of ether oxygens (including phenoxy) is 2. The molecule has 4 rings (SSSR count). The van der Waals surface area contributed by atoms with Gasteiger partial charge in [-0.2, -0.15) is 0 Å². The van der Waals surface area contributed by atoms with Crippen LogP contribution in [0.5, 0.6) is 5.75 Å². The Morgan fingerprint density at radius 1 is 1.10 bits per heavy atom. The summed E-state index contributed by atoms with van der Waals surface area (Å²) in [4.78, 5) is 28.9. The van der Waals surface area contributed by atoms with Gasteiger partial charge in [-0.05, 0) is 48.4 Å². The normalized spacial score (nSPS) is 18.5. The Morgan fingerprint density at radius 2 is 1.80 bits per heavy atom. The maximum atomic E-state index is 12.8. The number of nitrogens with zero attached hydrogens (tertiary/aromatic N) is 2. The number of carbonyl (C=O) groups excluding carboxylic acids is 2. The van der Waals surface area contributed by atoms with Crippen molar-refractivity contribution < 1.29 is 19.1 Å². The lowest BCUT2D eigenvalue weighted by Crippen LogP contribution is -2.18. The van der Waals surface area contributed by atoms with Gasteiger partial charge in [-0.15, -0.1) is 0 Å². The van der Waals surface area contributed by atoms with E-state index in [1.807, 2.05) is 6.92 Å². The number of benzene rings is 2. The highest BCUT2D eigenvalue weighted by Gasteiger charge is 2.33. The van der Waals surface area contributed by atoms with Crippen LogP contribution in [0.25, 0.3) is 0 Å². The lowest BCUT2D eigenvalue weighted by atomic mass is 10.0. The van der Waals surface area contributed by atoms with Crippen molar-refractivity contribution in [3.63, 3.8) is 0 Å². The Bertz CT molecular complexity index is 1070. The van der Waals surface area contributed by atoms with Gasteiger partial charge in [0.15, 0.2) is 0 Å². The van der Waals surface area contributed by atoms with E-state index in [1.54, 1.807) is 35.2 Å². The molecule has 2 aromatic carbocycles. The van der Waals surface area contributed by atoms with Gasteiger partial charge in [0.2, 0.25) is 0 Å². The van der Waals surface area contributed by atoms with Crippen LogP contribution in [-0.4, -0.2) is 28.6 Å². The summed E-state index contributed by atoms with van der Waals surface area (Å²) in [7, 11) is 1.28. The van der Waals surface area contributed by atoms with Gasteiger partial charge >= 0.3 is 11.9 Å². The molecule has 154 valence electrons. The fraction of sp³-hybridized carbons (Fsp3) is 0.292. The molecule has 0 bridgehead atoms.